The molecule has 0 bridgehead atoms. The second-order valence-corrected chi connectivity index (χ2v) is 6.71. The molecule has 0 aromatic heterocycles. The molecule has 0 aromatic carbocycles. The Morgan fingerprint density at radius 1 is 1.39 bits per heavy atom. The highest BCUT2D eigenvalue weighted by molar-refractivity contribution is 5.89. The summed E-state index contributed by atoms with van der Waals surface area (Å²) in [6.07, 6.45) is 5.84. The molecule has 6 heteroatoms. The number of likely N-dealkylation sites (tertiary alicyclic amines) is 1. The summed E-state index contributed by atoms with van der Waals surface area (Å²) >= 11 is 0. The van der Waals surface area contributed by atoms with E-state index in [1.807, 2.05) is 4.90 Å². The quantitative estimate of drug-likeness (QED) is 0.741. The number of piperidine rings is 1. The van der Waals surface area contributed by atoms with Crippen LogP contribution in [0.1, 0.15) is 52.4 Å². The largest absolute Gasteiger partial charge is 0.356 e. The molecule has 0 aromatic rings. The number of nitrogens with one attached hydrogen (secondary N) is 2. The van der Waals surface area contributed by atoms with E-state index in [1.165, 1.54) is 12.8 Å². The Morgan fingerprint density at radius 3 is 2.74 bits per heavy atom. The first-order chi connectivity index (χ1) is 10.7. The van der Waals surface area contributed by atoms with E-state index in [0.29, 0.717) is 24.9 Å². The minimum atomic E-state index is -0.155. The number of hydrogen-bond donors (Lipinski definition) is 2. The summed E-state index contributed by atoms with van der Waals surface area (Å²) < 4.78 is 0. The van der Waals surface area contributed by atoms with Crippen LogP contribution in [0.25, 0.3) is 0 Å². The fourth-order valence-corrected chi connectivity index (χ4v) is 3.70. The molecule has 0 radical (unpaired) electrons. The van der Waals surface area contributed by atoms with E-state index in [0.717, 1.165) is 38.9 Å². The number of carbonyl (C=O) groups is 2. The van der Waals surface area contributed by atoms with Crippen LogP contribution in [0.15, 0.2) is 0 Å². The normalized spacial score (nSPS) is 24.7. The van der Waals surface area contributed by atoms with Crippen molar-refractivity contribution in [2.75, 3.05) is 26.2 Å². The Bertz CT molecular complexity index is 382. The number of rotatable bonds is 7. The highest BCUT2D eigenvalue weighted by Crippen LogP contribution is 2.23. The van der Waals surface area contributed by atoms with Crippen molar-refractivity contribution in [3.05, 3.63) is 0 Å². The van der Waals surface area contributed by atoms with Gasteiger partial charge in [-0.05, 0) is 51.1 Å². The van der Waals surface area contributed by atoms with Crippen molar-refractivity contribution in [1.82, 2.24) is 15.5 Å². The van der Waals surface area contributed by atoms with Crippen LogP contribution in [0.5, 0.6) is 0 Å². The van der Waals surface area contributed by atoms with Crippen LogP contribution >= 0.6 is 12.4 Å². The molecule has 0 spiro atoms. The average Bonchev–Trinajstić information content (AvgIpc) is 2.92. The molecule has 0 aliphatic carbocycles. The molecule has 2 unspecified atom stereocenters. The van der Waals surface area contributed by atoms with Gasteiger partial charge in [-0.1, -0.05) is 13.8 Å². The van der Waals surface area contributed by atoms with Crippen molar-refractivity contribution in [3.8, 4) is 0 Å². The van der Waals surface area contributed by atoms with E-state index in [-0.39, 0.29) is 30.1 Å². The lowest BCUT2D eigenvalue weighted by Gasteiger charge is -2.26. The maximum absolute atomic E-state index is 12.3. The smallest absolute Gasteiger partial charge is 0.225 e. The molecular formula is C17H32ClN3O2. The predicted molar refractivity (Wildman–Crippen MR) is 94.7 cm³/mol. The first-order valence-electron chi connectivity index (χ1n) is 8.93. The van der Waals surface area contributed by atoms with Gasteiger partial charge in [-0.3, -0.25) is 9.59 Å². The molecule has 2 N–H and O–H groups in total. The Kier molecular flexibility index (Phi) is 8.92. The monoisotopic (exact) mass is 345 g/mol. The second-order valence-electron chi connectivity index (χ2n) is 6.71. The maximum Gasteiger partial charge on any atom is 0.225 e. The van der Waals surface area contributed by atoms with Crippen LogP contribution in [0.3, 0.4) is 0 Å². The number of nitrogens with zero attached hydrogens (tertiary/aromatic N) is 1. The van der Waals surface area contributed by atoms with Gasteiger partial charge in [-0.15, -0.1) is 12.4 Å². The Labute approximate surface area is 146 Å². The summed E-state index contributed by atoms with van der Waals surface area (Å²) in [6.45, 7) is 7.74. The number of hydrogen-bond acceptors (Lipinski definition) is 3. The van der Waals surface area contributed by atoms with Crippen LogP contribution < -0.4 is 10.6 Å². The Hall–Kier alpha value is -0.810. The molecular weight excluding hydrogens is 314 g/mol. The van der Waals surface area contributed by atoms with Gasteiger partial charge in [0, 0.05) is 25.6 Å². The molecule has 0 saturated carbocycles. The highest BCUT2D eigenvalue weighted by atomic mass is 35.5. The molecule has 5 nitrogen and oxygen atoms in total. The summed E-state index contributed by atoms with van der Waals surface area (Å²) in [4.78, 5) is 26.3. The van der Waals surface area contributed by atoms with Crippen molar-refractivity contribution in [2.24, 2.45) is 11.8 Å². The summed E-state index contributed by atoms with van der Waals surface area (Å²) in [6, 6.07) is 0.290. The number of carbonyl (C=O) groups excluding carboxylic acids is 2. The fraction of sp³-hybridized carbons (Fsp3) is 0.882. The molecule has 23 heavy (non-hydrogen) atoms. The van der Waals surface area contributed by atoms with Gasteiger partial charge in [0.1, 0.15) is 0 Å². The van der Waals surface area contributed by atoms with E-state index in [1.54, 1.807) is 0 Å². The van der Waals surface area contributed by atoms with Crippen molar-refractivity contribution in [3.63, 3.8) is 0 Å². The third kappa shape index (κ3) is 5.64. The van der Waals surface area contributed by atoms with Crippen LogP contribution in [0.2, 0.25) is 0 Å². The van der Waals surface area contributed by atoms with Gasteiger partial charge in [0.15, 0.2) is 0 Å². The summed E-state index contributed by atoms with van der Waals surface area (Å²) in [5, 5.41) is 6.44. The van der Waals surface area contributed by atoms with E-state index in [2.05, 4.69) is 24.5 Å². The first kappa shape index (κ1) is 20.2. The lowest BCUT2D eigenvalue weighted by atomic mass is 9.96. The van der Waals surface area contributed by atoms with Crippen LogP contribution in [-0.2, 0) is 9.59 Å². The van der Waals surface area contributed by atoms with Crippen molar-refractivity contribution >= 4 is 24.2 Å². The van der Waals surface area contributed by atoms with E-state index in [9.17, 15) is 9.59 Å². The van der Waals surface area contributed by atoms with Gasteiger partial charge in [-0.25, -0.2) is 0 Å². The summed E-state index contributed by atoms with van der Waals surface area (Å²) in [5.41, 5.74) is 0. The minimum Gasteiger partial charge on any atom is -0.356 e. The Balaban J connectivity index is 0.00000264. The van der Waals surface area contributed by atoms with Gasteiger partial charge in [0.05, 0.1) is 5.92 Å². The van der Waals surface area contributed by atoms with Crippen molar-refractivity contribution in [1.29, 1.82) is 0 Å². The molecule has 2 amide bonds. The molecule has 2 heterocycles. The van der Waals surface area contributed by atoms with Crippen LogP contribution in [0, 0.1) is 11.8 Å². The van der Waals surface area contributed by atoms with E-state index < -0.39 is 0 Å². The van der Waals surface area contributed by atoms with Crippen LogP contribution in [0.4, 0.5) is 0 Å². The van der Waals surface area contributed by atoms with Crippen LogP contribution in [-0.4, -0.2) is 48.9 Å². The zero-order valence-corrected chi connectivity index (χ0v) is 15.3. The average molecular weight is 346 g/mol. The zero-order chi connectivity index (χ0) is 15.9. The summed E-state index contributed by atoms with van der Waals surface area (Å²) in [7, 11) is 0. The molecule has 2 rings (SSSR count). The summed E-state index contributed by atoms with van der Waals surface area (Å²) in [5.74, 6) is 0.730. The van der Waals surface area contributed by atoms with Gasteiger partial charge in [-0.2, -0.15) is 0 Å². The lowest BCUT2D eigenvalue weighted by molar-refractivity contribution is -0.130. The first-order valence-corrected chi connectivity index (χ1v) is 8.93. The maximum atomic E-state index is 12.3. The van der Waals surface area contributed by atoms with Crippen molar-refractivity contribution < 1.29 is 9.59 Å². The Morgan fingerprint density at radius 2 is 2.13 bits per heavy atom. The number of amides is 2. The molecule has 2 saturated heterocycles. The third-order valence-corrected chi connectivity index (χ3v) is 5.16. The van der Waals surface area contributed by atoms with E-state index >= 15 is 0 Å². The standard InChI is InChI=1S/C17H31N3O2.ClH/c1-3-15(4-2)20-12-14(10-16(20)21)17(22)19-9-7-13-6-5-8-18-11-13;/h13-15,18H,3-12H2,1-2H3,(H,19,22);1H. The van der Waals surface area contributed by atoms with Gasteiger partial charge < -0.3 is 15.5 Å². The molecule has 2 atom stereocenters. The highest BCUT2D eigenvalue weighted by Gasteiger charge is 2.36. The SMILES string of the molecule is CCC(CC)N1CC(C(=O)NCCC2CCCNC2)CC1=O.Cl. The molecule has 134 valence electrons. The topological polar surface area (TPSA) is 61.4 Å². The van der Waals surface area contributed by atoms with Gasteiger partial charge in [0.2, 0.25) is 11.8 Å². The van der Waals surface area contributed by atoms with Gasteiger partial charge in [0.25, 0.3) is 0 Å². The molecule has 2 fully saturated rings. The molecule has 2 aliphatic heterocycles. The molecule has 2 aliphatic rings. The second kappa shape index (κ2) is 10.1. The lowest BCUT2D eigenvalue weighted by Crippen LogP contribution is -2.38. The minimum absolute atomic E-state index is 0. The predicted octanol–water partition coefficient (Wildman–Crippen LogP) is 1.95. The fourth-order valence-electron chi connectivity index (χ4n) is 3.70. The third-order valence-electron chi connectivity index (χ3n) is 5.16. The van der Waals surface area contributed by atoms with E-state index in [4.69, 9.17) is 0 Å². The zero-order valence-electron chi connectivity index (χ0n) is 14.5. The number of halogens is 1. The van der Waals surface area contributed by atoms with Gasteiger partial charge >= 0.3 is 0 Å². The van der Waals surface area contributed by atoms with Crippen molar-refractivity contribution in [2.45, 2.75) is 58.4 Å².